The lowest BCUT2D eigenvalue weighted by atomic mass is 9.90. The van der Waals surface area contributed by atoms with E-state index in [4.69, 9.17) is 4.42 Å². The summed E-state index contributed by atoms with van der Waals surface area (Å²) in [5.74, 6) is -0.781. The second-order valence-corrected chi connectivity index (χ2v) is 6.59. The van der Waals surface area contributed by atoms with Crippen LogP contribution in [0.2, 0.25) is 0 Å². The van der Waals surface area contributed by atoms with Gasteiger partial charge in [0.1, 0.15) is 5.58 Å². The summed E-state index contributed by atoms with van der Waals surface area (Å²) in [6.07, 6.45) is 2.04. The topological polar surface area (TPSA) is 103 Å². The molecule has 6 nitrogen and oxygen atoms in total. The van der Waals surface area contributed by atoms with Gasteiger partial charge in [0, 0.05) is 5.56 Å². The van der Waals surface area contributed by atoms with Crippen molar-refractivity contribution in [1.29, 1.82) is 0 Å². The molecule has 0 amide bonds. The van der Waals surface area contributed by atoms with Crippen LogP contribution in [0.1, 0.15) is 24.3 Å². The summed E-state index contributed by atoms with van der Waals surface area (Å²) in [6.45, 7) is 1.92. The Morgan fingerprint density at radius 1 is 0.962 bits per heavy atom. The minimum absolute atomic E-state index is 0.0275. The molecule has 1 fully saturated rings. The van der Waals surface area contributed by atoms with Crippen LogP contribution in [0.5, 0.6) is 17.2 Å². The molecular weight excluding hydrogens is 334 g/mol. The zero-order valence-electron chi connectivity index (χ0n) is 14.0. The van der Waals surface area contributed by atoms with Crippen molar-refractivity contribution in [3.05, 3.63) is 52.2 Å². The molecule has 6 heteroatoms. The van der Waals surface area contributed by atoms with Crippen molar-refractivity contribution >= 4 is 11.0 Å². The summed E-state index contributed by atoms with van der Waals surface area (Å²) in [5.41, 5.74) is 1.29. The molecule has 26 heavy (non-hydrogen) atoms. The summed E-state index contributed by atoms with van der Waals surface area (Å²) >= 11 is 0. The summed E-state index contributed by atoms with van der Waals surface area (Å²) < 4.78 is 5.83. The van der Waals surface area contributed by atoms with Crippen molar-refractivity contribution in [1.82, 2.24) is 5.32 Å². The third-order valence-electron chi connectivity index (χ3n) is 4.94. The van der Waals surface area contributed by atoms with E-state index in [1.807, 2.05) is 12.1 Å². The SMILES string of the molecule is O=c1c(O)c(-c2ccc(O)c(O)c2)oc2cc(C3CCNCC3)ccc12. The lowest BCUT2D eigenvalue weighted by molar-refractivity contribution is 0.403. The molecule has 2 aromatic carbocycles. The second-order valence-electron chi connectivity index (χ2n) is 6.59. The van der Waals surface area contributed by atoms with E-state index in [1.165, 1.54) is 18.2 Å². The summed E-state index contributed by atoms with van der Waals surface area (Å²) in [7, 11) is 0. The maximum atomic E-state index is 12.5. The Morgan fingerprint density at radius 3 is 2.46 bits per heavy atom. The number of fused-ring (bicyclic) bond motifs is 1. The molecule has 1 aliphatic rings. The Morgan fingerprint density at radius 2 is 1.73 bits per heavy atom. The molecule has 1 aromatic heterocycles. The van der Waals surface area contributed by atoms with E-state index in [9.17, 15) is 20.1 Å². The minimum Gasteiger partial charge on any atom is -0.504 e. The number of hydrogen-bond donors (Lipinski definition) is 4. The Balaban J connectivity index is 1.86. The molecule has 0 spiro atoms. The molecule has 134 valence electrons. The number of phenols is 2. The Hall–Kier alpha value is -2.99. The van der Waals surface area contributed by atoms with Gasteiger partial charge in [0.05, 0.1) is 5.39 Å². The van der Waals surface area contributed by atoms with Crippen molar-refractivity contribution in [3.8, 4) is 28.6 Å². The normalized spacial score (nSPS) is 15.4. The Labute approximate surface area is 149 Å². The number of aromatic hydroxyl groups is 3. The molecule has 0 bridgehead atoms. The number of benzene rings is 2. The van der Waals surface area contributed by atoms with E-state index >= 15 is 0 Å². The van der Waals surface area contributed by atoms with Crippen LogP contribution >= 0.6 is 0 Å². The highest BCUT2D eigenvalue weighted by Gasteiger charge is 2.19. The molecule has 4 N–H and O–H groups in total. The van der Waals surface area contributed by atoms with Crippen LogP contribution in [0.4, 0.5) is 0 Å². The Kier molecular flexibility index (Phi) is 4.05. The third kappa shape index (κ3) is 2.78. The van der Waals surface area contributed by atoms with Gasteiger partial charge < -0.3 is 25.1 Å². The maximum Gasteiger partial charge on any atom is 0.235 e. The van der Waals surface area contributed by atoms with E-state index < -0.39 is 11.2 Å². The standard InChI is InChI=1S/C20H19NO5/c22-15-4-2-13(9-16(15)23)20-19(25)18(24)14-3-1-12(10-17(14)26-20)11-5-7-21-8-6-11/h1-4,9-11,21-23,25H,5-8H2. The van der Waals surface area contributed by atoms with Gasteiger partial charge in [-0.1, -0.05) is 6.07 Å². The van der Waals surface area contributed by atoms with Crippen molar-refractivity contribution in [2.24, 2.45) is 0 Å². The average Bonchev–Trinajstić information content (AvgIpc) is 2.67. The highest BCUT2D eigenvalue weighted by Crippen LogP contribution is 2.36. The van der Waals surface area contributed by atoms with Crippen molar-refractivity contribution in [2.45, 2.75) is 18.8 Å². The first kappa shape index (κ1) is 16.5. The van der Waals surface area contributed by atoms with Crippen LogP contribution in [0.15, 0.2) is 45.6 Å². The van der Waals surface area contributed by atoms with Gasteiger partial charge in [-0.05, 0) is 67.7 Å². The van der Waals surface area contributed by atoms with Crippen molar-refractivity contribution in [2.75, 3.05) is 13.1 Å². The van der Waals surface area contributed by atoms with Gasteiger partial charge in [0.15, 0.2) is 17.3 Å². The first-order valence-electron chi connectivity index (χ1n) is 8.57. The van der Waals surface area contributed by atoms with Gasteiger partial charge in [-0.3, -0.25) is 4.79 Å². The summed E-state index contributed by atoms with van der Waals surface area (Å²) in [5, 5.41) is 33.1. The van der Waals surface area contributed by atoms with E-state index in [0.717, 1.165) is 31.5 Å². The molecule has 4 rings (SSSR count). The van der Waals surface area contributed by atoms with Gasteiger partial charge >= 0.3 is 0 Å². The van der Waals surface area contributed by atoms with Gasteiger partial charge in [0.2, 0.25) is 11.2 Å². The number of nitrogens with one attached hydrogen (secondary N) is 1. The lowest BCUT2D eigenvalue weighted by Crippen LogP contribution is -2.26. The predicted molar refractivity (Wildman–Crippen MR) is 97.8 cm³/mol. The monoisotopic (exact) mass is 353 g/mol. The molecule has 1 saturated heterocycles. The van der Waals surface area contributed by atoms with Crippen LogP contribution in [-0.4, -0.2) is 28.4 Å². The van der Waals surface area contributed by atoms with E-state index in [1.54, 1.807) is 6.07 Å². The molecule has 2 heterocycles. The summed E-state index contributed by atoms with van der Waals surface area (Å²) in [4.78, 5) is 12.5. The number of rotatable bonds is 2. The highest BCUT2D eigenvalue weighted by atomic mass is 16.4. The number of phenolic OH excluding ortho intramolecular Hbond substituents is 2. The van der Waals surface area contributed by atoms with E-state index in [-0.39, 0.29) is 17.3 Å². The van der Waals surface area contributed by atoms with E-state index in [0.29, 0.717) is 22.5 Å². The van der Waals surface area contributed by atoms with Gasteiger partial charge in [-0.15, -0.1) is 0 Å². The fraction of sp³-hybridized carbons (Fsp3) is 0.250. The number of piperidine rings is 1. The molecule has 0 aliphatic carbocycles. The number of hydrogen-bond acceptors (Lipinski definition) is 6. The predicted octanol–water partition coefficient (Wildman–Crippen LogP) is 3.04. The Bertz CT molecular complexity index is 1030. The van der Waals surface area contributed by atoms with Crippen molar-refractivity contribution < 1.29 is 19.7 Å². The van der Waals surface area contributed by atoms with Gasteiger partial charge in [-0.2, -0.15) is 0 Å². The van der Waals surface area contributed by atoms with Gasteiger partial charge in [0.25, 0.3) is 0 Å². The van der Waals surface area contributed by atoms with Crippen molar-refractivity contribution in [3.63, 3.8) is 0 Å². The molecule has 0 radical (unpaired) electrons. The molecule has 3 aromatic rings. The molecule has 1 aliphatic heterocycles. The lowest BCUT2D eigenvalue weighted by Gasteiger charge is -2.23. The quantitative estimate of drug-likeness (QED) is 0.528. The second kappa shape index (κ2) is 6.38. The van der Waals surface area contributed by atoms with Crippen LogP contribution < -0.4 is 10.7 Å². The van der Waals surface area contributed by atoms with E-state index in [2.05, 4.69) is 5.32 Å². The largest absolute Gasteiger partial charge is 0.504 e. The molecule has 0 atom stereocenters. The van der Waals surface area contributed by atoms with Crippen LogP contribution in [0.3, 0.4) is 0 Å². The zero-order chi connectivity index (χ0) is 18.3. The van der Waals surface area contributed by atoms with Crippen LogP contribution in [0, 0.1) is 0 Å². The van der Waals surface area contributed by atoms with Crippen LogP contribution in [0.25, 0.3) is 22.3 Å². The zero-order valence-corrected chi connectivity index (χ0v) is 14.0. The third-order valence-corrected chi connectivity index (χ3v) is 4.94. The fourth-order valence-corrected chi connectivity index (χ4v) is 3.47. The highest BCUT2D eigenvalue weighted by molar-refractivity contribution is 5.82. The molecule has 0 saturated carbocycles. The van der Waals surface area contributed by atoms with Gasteiger partial charge in [-0.25, -0.2) is 0 Å². The fourth-order valence-electron chi connectivity index (χ4n) is 3.47. The van der Waals surface area contributed by atoms with Crippen LogP contribution in [-0.2, 0) is 0 Å². The smallest absolute Gasteiger partial charge is 0.235 e. The first-order valence-corrected chi connectivity index (χ1v) is 8.57. The average molecular weight is 353 g/mol. The molecule has 0 unspecified atom stereocenters. The molecular formula is C20H19NO5. The minimum atomic E-state index is -0.523. The first-order chi connectivity index (χ1) is 12.5. The summed E-state index contributed by atoms with van der Waals surface area (Å²) in [6, 6.07) is 9.46. The maximum absolute atomic E-state index is 12.5.